The Bertz CT molecular complexity index is 1040. The minimum Gasteiger partial charge on any atom is -0.272 e. The van der Waals surface area contributed by atoms with Crippen molar-refractivity contribution in [1.82, 2.24) is 20.8 Å². The van der Waals surface area contributed by atoms with Gasteiger partial charge in [0.1, 0.15) is 16.2 Å². The van der Waals surface area contributed by atoms with Crippen LogP contribution in [0.15, 0.2) is 40.1 Å². The molecular formula is C19H17BrN4O2S2. The molecule has 0 saturated carbocycles. The fourth-order valence-electron chi connectivity index (χ4n) is 3.14. The van der Waals surface area contributed by atoms with Crippen LogP contribution in [0.3, 0.4) is 0 Å². The summed E-state index contributed by atoms with van der Waals surface area (Å²) in [6.45, 7) is 0. The van der Waals surface area contributed by atoms with Gasteiger partial charge in [0.2, 0.25) is 5.91 Å². The molecule has 2 amide bonds. The third kappa shape index (κ3) is 4.21. The molecule has 1 aliphatic carbocycles. The molecule has 0 fully saturated rings. The van der Waals surface area contributed by atoms with Gasteiger partial charge < -0.3 is 0 Å². The topological polar surface area (TPSA) is 84.0 Å². The zero-order chi connectivity index (χ0) is 19.5. The number of hydrogen-bond acceptors (Lipinski definition) is 6. The maximum absolute atomic E-state index is 12.2. The molecule has 2 heterocycles. The number of rotatable bonds is 4. The average Bonchev–Trinajstić information content (AvgIpc) is 3.10. The summed E-state index contributed by atoms with van der Waals surface area (Å²) in [7, 11) is 0. The van der Waals surface area contributed by atoms with Gasteiger partial charge in [-0.2, -0.15) is 0 Å². The largest absolute Gasteiger partial charge is 0.272 e. The number of benzene rings is 1. The zero-order valence-electron chi connectivity index (χ0n) is 14.8. The number of carbonyl (C=O) groups excluding carboxylic acids is 2. The van der Waals surface area contributed by atoms with Crippen LogP contribution in [-0.4, -0.2) is 27.5 Å². The van der Waals surface area contributed by atoms with Gasteiger partial charge in [0.15, 0.2) is 0 Å². The van der Waals surface area contributed by atoms with Gasteiger partial charge in [-0.15, -0.1) is 11.3 Å². The number of nitrogens with zero attached hydrogens (tertiary/aromatic N) is 2. The first-order valence-corrected chi connectivity index (χ1v) is 11.4. The molecule has 0 bridgehead atoms. The molecule has 1 aliphatic rings. The Morgan fingerprint density at radius 3 is 2.71 bits per heavy atom. The van der Waals surface area contributed by atoms with Crippen molar-refractivity contribution in [3.05, 3.63) is 51.1 Å². The van der Waals surface area contributed by atoms with E-state index in [2.05, 4.69) is 36.7 Å². The lowest BCUT2D eigenvalue weighted by molar-refractivity contribution is -0.119. The van der Waals surface area contributed by atoms with E-state index in [1.807, 2.05) is 0 Å². The number of amides is 2. The van der Waals surface area contributed by atoms with Crippen LogP contribution in [-0.2, 0) is 17.6 Å². The van der Waals surface area contributed by atoms with E-state index in [1.54, 1.807) is 41.9 Å². The van der Waals surface area contributed by atoms with Crippen molar-refractivity contribution in [2.24, 2.45) is 0 Å². The lowest BCUT2D eigenvalue weighted by Crippen LogP contribution is -2.42. The number of hydrogen-bond donors (Lipinski definition) is 2. The number of nitrogens with one attached hydrogen (secondary N) is 2. The second kappa shape index (κ2) is 8.59. The minimum absolute atomic E-state index is 0.164. The van der Waals surface area contributed by atoms with Crippen molar-refractivity contribution >= 4 is 61.1 Å². The summed E-state index contributed by atoms with van der Waals surface area (Å²) in [5.41, 5.74) is 6.71. The second-order valence-corrected chi connectivity index (χ2v) is 9.33. The third-order valence-electron chi connectivity index (χ3n) is 4.48. The molecule has 4 rings (SSSR count). The molecule has 2 aromatic heterocycles. The van der Waals surface area contributed by atoms with Crippen LogP contribution in [0, 0.1) is 0 Å². The van der Waals surface area contributed by atoms with E-state index in [0.29, 0.717) is 5.56 Å². The van der Waals surface area contributed by atoms with Crippen molar-refractivity contribution < 1.29 is 9.59 Å². The van der Waals surface area contributed by atoms with Gasteiger partial charge >= 0.3 is 0 Å². The Morgan fingerprint density at radius 2 is 1.89 bits per heavy atom. The summed E-state index contributed by atoms with van der Waals surface area (Å²) in [4.78, 5) is 35.4. The third-order valence-corrected chi connectivity index (χ3v) is 7.20. The van der Waals surface area contributed by atoms with Crippen molar-refractivity contribution in [3.63, 3.8) is 0 Å². The molecule has 2 N–H and O–H groups in total. The monoisotopic (exact) mass is 476 g/mol. The first-order valence-electron chi connectivity index (χ1n) is 8.84. The summed E-state index contributed by atoms with van der Waals surface area (Å²) < 4.78 is 0.885. The minimum atomic E-state index is -0.359. The van der Waals surface area contributed by atoms with E-state index in [4.69, 9.17) is 0 Å². The molecule has 3 aromatic rings. The summed E-state index contributed by atoms with van der Waals surface area (Å²) in [5.74, 6) is -0.481. The molecule has 0 atom stereocenters. The summed E-state index contributed by atoms with van der Waals surface area (Å²) >= 11 is 6.43. The number of aryl methyl sites for hydroxylation is 2. The van der Waals surface area contributed by atoms with Crippen LogP contribution in [0.5, 0.6) is 0 Å². The molecular weight excluding hydrogens is 460 g/mol. The number of halogens is 1. The lowest BCUT2D eigenvalue weighted by atomic mass is 9.97. The van der Waals surface area contributed by atoms with E-state index in [0.717, 1.165) is 32.6 Å². The van der Waals surface area contributed by atoms with Crippen LogP contribution in [0.2, 0.25) is 0 Å². The second-order valence-electron chi connectivity index (χ2n) is 6.37. The molecule has 0 aliphatic heterocycles. The van der Waals surface area contributed by atoms with Crippen LogP contribution in [0.25, 0.3) is 10.2 Å². The van der Waals surface area contributed by atoms with Gasteiger partial charge in [-0.3, -0.25) is 20.4 Å². The van der Waals surface area contributed by atoms with Crippen molar-refractivity contribution in [2.45, 2.75) is 30.7 Å². The van der Waals surface area contributed by atoms with Crippen LogP contribution < -0.4 is 10.9 Å². The summed E-state index contributed by atoms with van der Waals surface area (Å²) in [5, 5.41) is 1.93. The fourth-order valence-corrected chi connectivity index (χ4v) is 5.52. The number of carbonyl (C=O) groups is 2. The van der Waals surface area contributed by atoms with E-state index in [9.17, 15) is 9.59 Å². The van der Waals surface area contributed by atoms with E-state index < -0.39 is 0 Å². The maximum Gasteiger partial charge on any atom is 0.269 e. The molecule has 1 aromatic carbocycles. The highest BCUT2D eigenvalue weighted by Gasteiger charge is 2.20. The average molecular weight is 477 g/mol. The first kappa shape index (κ1) is 19.4. The highest BCUT2D eigenvalue weighted by atomic mass is 79.9. The van der Waals surface area contributed by atoms with Gasteiger partial charge in [-0.05, 0) is 55.5 Å². The van der Waals surface area contributed by atoms with Crippen molar-refractivity contribution in [3.8, 4) is 0 Å². The molecule has 0 spiro atoms. The number of thiophene rings is 1. The van der Waals surface area contributed by atoms with Gasteiger partial charge in [0.25, 0.3) is 5.91 Å². The van der Waals surface area contributed by atoms with Gasteiger partial charge in [-0.1, -0.05) is 27.7 Å². The highest BCUT2D eigenvalue weighted by molar-refractivity contribution is 9.10. The molecule has 0 unspecified atom stereocenters. The Balaban J connectivity index is 1.38. The lowest BCUT2D eigenvalue weighted by Gasteiger charge is -2.11. The molecule has 28 heavy (non-hydrogen) atoms. The molecule has 9 heteroatoms. The number of aromatic nitrogens is 2. The predicted octanol–water partition coefficient (Wildman–Crippen LogP) is 3.89. The smallest absolute Gasteiger partial charge is 0.269 e. The highest BCUT2D eigenvalue weighted by Crippen LogP contribution is 2.39. The first-order chi connectivity index (χ1) is 13.6. The van der Waals surface area contributed by atoms with Crippen LogP contribution >= 0.6 is 39.0 Å². The van der Waals surface area contributed by atoms with E-state index >= 15 is 0 Å². The standard InChI is InChI=1S/C19H17BrN4O2S2/c20-12-7-5-11(6-8-12)17(26)24-23-15(25)9-27-18-16-13-3-1-2-4-14(13)28-19(16)22-10-21-18/h5-8,10H,1-4,9H2,(H,23,25)(H,24,26). The molecule has 6 nitrogen and oxygen atoms in total. The van der Waals surface area contributed by atoms with Gasteiger partial charge in [0, 0.05) is 20.3 Å². The Labute approximate surface area is 178 Å². The van der Waals surface area contributed by atoms with Crippen LogP contribution in [0.4, 0.5) is 0 Å². The zero-order valence-corrected chi connectivity index (χ0v) is 18.0. The van der Waals surface area contributed by atoms with Crippen LogP contribution in [0.1, 0.15) is 33.6 Å². The normalized spacial score (nSPS) is 13.2. The predicted molar refractivity (Wildman–Crippen MR) is 115 cm³/mol. The van der Waals surface area contributed by atoms with Gasteiger partial charge in [-0.25, -0.2) is 9.97 Å². The van der Waals surface area contributed by atoms with Crippen molar-refractivity contribution in [2.75, 3.05) is 5.75 Å². The molecule has 0 radical (unpaired) electrons. The Hall–Kier alpha value is -1.97. The SMILES string of the molecule is O=C(CSc1ncnc2sc3c(c12)CCCC3)NNC(=O)c1ccc(Br)cc1. The quantitative estimate of drug-likeness (QED) is 0.339. The van der Waals surface area contributed by atoms with Gasteiger partial charge in [0.05, 0.1) is 5.75 Å². The summed E-state index contributed by atoms with van der Waals surface area (Å²) in [6, 6.07) is 6.90. The molecule has 0 saturated heterocycles. The number of thioether (sulfide) groups is 1. The Morgan fingerprint density at radius 1 is 1.11 bits per heavy atom. The number of fused-ring (bicyclic) bond motifs is 3. The molecule has 144 valence electrons. The maximum atomic E-state index is 12.2. The van der Waals surface area contributed by atoms with E-state index in [-0.39, 0.29) is 17.6 Å². The van der Waals surface area contributed by atoms with Crippen molar-refractivity contribution in [1.29, 1.82) is 0 Å². The Kier molecular flexibility index (Phi) is 5.93. The summed E-state index contributed by atoms with van der Waals surface area (Å²) in [6.07, 6.45) is 6.10. The fraction of sp³-hybridized carbons (Fsp3) is 0.263. The number of hydrazine groups is 1. The van der Waals surface area contributed by atoms with E-state index in [1.165, 1.54) is 35.0 Å².